The van der Waals surface area contributed by atoms with E-state index in [1.165, 1.54) is 16.7 Å². The summed E-state index contributed by atoms with van der Waals surface area (Å²) in [5, 5.41) is 0. The quantitative estimate of drug-likeness (QED) is 0.658. The van der Waals surface area contributed by atoms with E-state index in [-0.39, 0.29) is 6.04 Å². The zero-order chi connectivity index (χ0) is 12.4. The predicted octanol–water partition coefficient (Wildman–Crippen LogP) is 3.57. The van der Waals surface area contributed by atoms with E-state index in [0.29, 0.717) is 0 Å². The molecule has 1 atom stereocenters. The minimum absolute atomic E-state index is 0.00685. The minimum atomic E-state index is 0.00685. The topological polar surface area (TPSA) is 38.0 Å². The van der Waals surface area contributed by atoms with Crippen LogP contribution in [-0.4, -0.2) is 0 Å². The molecule has 17 heavy (non-hydrogen) atoms. The van der Waals surface area contributed by atoms with Gasteiger partial charge in [0.05, 0.1) is 10.4 Å². The summed E-state index contributed by atoms with van der Waals surface area (Å²) in [5.74, 6) is 5.68. The second kappa shape index (κ2) is 5.19. The Morgan fingerprint density at radius 3 is 2.59 bits per heavy atom. The van der Waals surface area contributed by atoms with E-state index in [1.807, 2.05) is 12.1 Å². The molecule has 2 aromatic rings. The molecule has 90 valence electrons. The zero-order valence-electron chi connectivity index (χ0n) is 9.83. The molecule has 0 saturated carbocycles. The van der Waals surface area contributed by atoms with E-state index in [9.17, 15) is 0 Å². The molecule has 0 aliphatic heterocycles. The fraction of sp³-hybridized carbons (Fsp3) is 0.231. The highest BCUT2D eigenvalue weighted by Gasteiger charge is 2.16. The third kappa shape index (κ3) is 2.69. The van der Waals surface area contributed by atoms with Crippen molar-refractivity contribution in [3.05, 3.63) is 56.2 Å². The standard InChI is InChI=1S/C13H15ClN2S/c1-8-3-4-9(2)10(7-8)13(16-15)11-5-6-12(14)17-11/h3-7,13,16H,15H2,1-2H3. The van der Waals surface area contributed by atoms with Crippen molar-refractivity contribution in [3.8, 4) is 0 Å². The van der Waals surface area contributed by atoms with Crippen molar-refractivity contribution in [2.75, 3.05) is 0 Å². The molecule has 0 aliphatic carbocycles. The van der Waals surface area contributed by atoms with Gasteiger partial charge in [-0.2, -0.15) is 0 Å². The molecule has 0 spiro atoms. The number of benzene rings is 1. The van der Waals surface area contributed by atoms with Crippen molar-refractivity contribution in [1.82, 2.24) is 5.43 Å². The summed E-state index contributed by atoms with van der Waals surface area (Å²) >= 11 is 7.52. The number of nitrogens with one attached hydrogen (secondary N) is 1. The Morgan fingerprint density at radius 1 is 1.24 bits per heavy atom. The van der Waals surface area contributed by atoms with Gasteiger partial charge in [0.25, 0.3) is 0 Å². The Hall–Kier alpha value is -0.870. The SMILES string of the molecule is Cc1ccc(C)c(C(NN)c2ccc(Cl)s2)c1. The number of thiophene rings is 1. The van der Waals surface area contributed by atoms with Gasteiger partial charge in [-0.1, -0.05) is 35.4 Å². The fourth-order valence-corrected chi connectivity index (χ4v) is 3.02. The first-order valence-electron chi connectivity index (χ1n) is 5.40. The number of hydrogen-bond acceptors (Lipinski definition) is 3. The lowest BCUT2D eigenvalue weighted by Gasteiger charge is -2.17. The van der Waals surface area contributed by atoms with E-state index in [4.69, 9.17) is 17.4 Å². The number of hydrogen-bond donors (Lipinski definition) is 2. The summed E-state index contributed by atoms with van der Waals surface area (Å²) in [7, 11) is 0. The first-order chi connectivity index (χ1) is 8.11. The van der Waals surface area contributed by atoms with Crippen LogP contribution in [0.4, 0.5) is 0 Å². The van der Waals surface area contributed by atoms with Gasteiger partial charge >= 0.3 is 0 Å². The molecule has 0 saturated heterocycles. The van der Waals surface area contributed by atoms with Gasteiger partial charge in [-0.15, -0.1) is 11.3 Å². The highest BCUT2D eigenvalue weighted by atomic mass is 35.5. The largest absolute Gasteiger partial charge is 0.271 e. The lowest BCUT2D eigenvalue weighted by atomic mass is 9.98. The Labute approximate surface area is 110 Å². The van der Waals surface area contributed by atoms with Crippen LogP contribution in [0.2, 0.25) is 4.34 Å². The number of rotatable bonds is 3. The predicted molar refractivity (Wildman–Crippen MR) is 74.4 cm³/mol. The van der Waals surface area contributed by atoms with Crippen LogP contribution in [0.25, 0.3) is 0 Å². The summed E-state index contributed by atoms with van der Waals surface area (Å²) in [6.45, 7) is 4.17. The van der Waals surface area contributed by atoms with Crippen molar-refractivity contribution in [1.29, 1.82) is 0 Å². The highest BCUT2D eigenvalue weighted by molar-refractivity contribution is 7.16. The average Bonchev–Trinajstić information content (AvgIpc) is 2.71. The van der Waals surface area contributed by atoms with Gasteiger partial charge in [-0.05, 0) is 37.1 Å². The molecule has 0 radical (unpaired) electrons. The van der Waals surface area contributed by atoms with E-state index < -0.39 is 0 Å². The Kier molecular flexibility index (Phi) is 3.84. The van der Waals surface area contributed by atoms with Gasteiger partial charge in [0.1, 0.15) is 0 Å². The Morgan fingerprint density at radius 2 is 2.00 bits per heavy atom. The third-order valence-corrected chi connectivity index (χ3v) is 4.09. The first kappa shape index (κ1) is 12.6. The van der Waals surface area contributed by atoms with Gasteiger partial charge in [0.15, 0.2) is 0 Å². The minimum Gasteiger partial charge on any atom is -0.271 e. The van der Waals surface area contributed by atoms with Crippen LogP contribution >= 0.6 is 22.9 Å². The van der Waals surface area contributed by atoms with E-state index >= 15 is 0 Å². The van der Waals surface area contributed by atoms with Crippen molar-refractivity contribution >= 4 is 22.9 Å². The number of aryl methyl sites for hydroxylation is 2. The molecule has 2 nitrogen and oxygen atoms in total. The van der Waals surface area contributed by atoms with Crippen molar-refractivity contribution in [2.45, 2.75) is 19.9 Å². The Bertz CT molecular complexity index is 522. The third-order valence-electron chi connectivity index (χ3n) is 2.79. The highest BCUT2D eigenvalue weighted by Crippen LogP contribution is 2.32. The van der Waals surface area contributed by atoms with E-state index in [1.54, 1.807) is 11.3 Å². The molecule has 0 bridgehead atoms. The average molecular weight is 267 g/mol. The first-order valence-corrected chi connectivity index (χ1v) is 6.60. The maximum Gasteiger partial charge on any atom is 0.0931 e. The monoisotopic (exact) mass is 266 g/mol. The maximum atomic E-state index is 5.97. The number of hydrazine groups is 1. The molecular weight excluding hydrogens is 252 g/mol. The summed E-state index contributed by atoms with van der Waals surface area (Å²) < 4.78 is 0.783. The van der Waals surface area contributed by atoms with Crippen molar-refractivity contribution in [3.63, 3.8) is 0 Å². The Balaban J connectivity index is 2.45. The molecule has 1 heterocycles. The van der Waals surface area contributed by atoms with Gasteiger partial charge in [0.2, 0.25) is 0 Å². The summed E-state index contributed by atoms with van der Waals surface area (Å²) in [5.41, 5.74) is 6.52. The fourth-order valence-electron chi connectivity index (χ4n) is 1.88. The van der Waals surface area contributed by atoms with Crippen LogP contribution in [-0.2, 0) is 0 Å². The van der Waals surface area contributed by atoms with Crippen LogP contribution in [0, 0.1) is 13.8 Å². The van der Waals surface area contributed by atoms with E-state index in [0.717, 1.165) is 9.21 Å². The van der Waals surface area contributed by atoms with E-state index in [2.05, 4.69) is 37.5 Å². The molecule has 0 amide bonds. The molecule has 0 aliphatic rings. The maximum absolute atomic E-state index is 5.97. The smallest absolute Gasteiger partial charge is 0.0931 e. The molecule has 1 unspecified atom stereocenters. The summed E-state index contributed by atoms with van der Waals surface area (Å²) in [6, 6.07) is 10.3. The molecule has 1 aromatic heterocycles. The molecule has 0 fully saturated rings. The van der Waals surface area contributed by atoms with Gasteiger partial charge < -0.3 is 0 Å². The molecule has 2 rings (SSSR count). The second-order valence-electron chi connectivity index (χ2n) is 4.10. The summed E-state index contributed by atoms with van der Waals surface area (Å²) in [4.78, 5) is 1.13. The van der Waals surface area contributed by atoms with Crippen LogP contribution in [0.5, 0.6) is 0 Å². The van der Waals surface area contributed by atoms with Crippen LogP contribution in [0.3, 0.4) is 0 Å². The molecular formula is C13H15ClN2S. The lowest BCUT2D eigenvalue weighted by Crippen LogP contribution is -2.28. The van der Waals surface area contributed by atoms with Gasteiger partial charge in [-0.25, -0.2) is 5.43 Å². The normalized spacial score (nSPS) is 12.7. The second-order valence-corrected chi connectivity index (χ2v) is 5.85. The van der Waals surface area contributed by atoms with Crippen LogP contribution in [0.1, 0.15) is 27.6 Å². The van der Waals surface area contributed by atoms with Crippen LogP contribution in [0.15, 0.2) is 30.3 Å². The molecule has 1 aromatic carbocycles. The number of halogens is 1. The van der Waals surface area contributed by atoms with Gasteiger partial charge in [-0.3, -0.25) is 5.84 Å². The van der Waals surface area contributed by atoms with Gasteiger partial charge in [0, 0.05) is 4.88 Å². The zero-order valence-corrected chi connectivity index (χ0v) is 11.4. The molecule has 3 N–H and O–H groups in total. The lowest BCUT2D eigenvalue weighted by molar-refractivity contribution is 0.643. The van der Waals surface area contributed by atoms with Crippen molar-refractivity contribution in [2.24, 2.45) is 5.84 Å². The summed E-state index contributed by atoms with van der Waals surface area (Å²) in [6.07, 6.45) is 0. The van der Waals surface area contributed by atoms with Crippen molar-refractivity contribution < 1.29 is 0 Å². The molecule has 4 heteroatoms. The van der Waals surface area contributed by atoms with Crippen LogP contribution < -0.4 is 11.3 Å². The number of nitrogens with two attached hydrogens (primary N) is 1.